The molecule has 0 heterocycles. The van der Waals surface area contributed by atoms with Crippen molar-refractivity contribution in [3.05, 3.63) is 12.7 Å². The highest BCUT2D eigenvalue weighted by Crippen LogP contribution is 2.56. The summed E-state index contributed by atoms with van der Waals surface area (Å²) in [7, 11) is 0. The standard InChI is InChI=1S/C16H28O2/c1-4-7-13-8-6-10-16(3)11-9-14(15(13)16)18-12-17-5-2/h4,13-15H,1,5-12H2,2-3H3/t13-,14+,15-,16-/m0/s1. The van der Waals surface area contributed by atoms with Crippen molar-refractivity contribution in [1.82, 2.24) is 0 Å². The molecule has 0 aromatic rings. The van der Waals surface area contributed by atoms with Crippen molar-refractivity contribution in [3.63, 3.8) is 0 Å². The monoisotopic (exact) mass is 252 g/mol. The first-order valence-corrected chi connectivity index (χ1v) is 7.51. The molecule has 0 unspecified atom stereocenters. The fourth-order valence-corrected chi connectivity index (χ4v) is 4.26. The van der Waals surface area contributed by atoms with Crippen molar-refractivity contribution in [2.24, 2.45) is 17.3 Å². The highest BCUT2D eigenvalue weighted by Gasteiger charge is 2.50. The second-order valence-corrected chi connectivity index (χ2v) is 6.21. The summed E-state index contributed by atoms with van der Waals surface area (Å²) in [6.45, 7) is 9.62. The van der Waals surface area contributed by atoms with Crippen LogP contribution in [0.25, 0.3) is 0 Å². The van der Waals surface area contributed by atoms with E-state index in [9.17, 15) is 0 Å². The minimum absolute atomic E-state index is 0.409. The maximum Gasteiger partial charge on any atom is 0.147 e. The largest absolute Gasteiger partial charge is 0.356 e. The second kappa shape index (κ2) is 6.21. The molecule has 2 aliphatic carbocycles. The molecule has 0 amide bonds. The highest BCUT2D eigenvalue weighted by atomic mass is 16.7. The van der Waals surface area contributed by atoms with E-state index in [0.717, 1.165) is 18.9 Å². The van der Waals surface area contributed by atoms with Crippen LogP contribution < -0.4 is 0 Å². The summed E-state index contributed by atoms with van der Waals surface area (Å²) in [5, 5.41) is 0. The Balaban J connectivity index is 2.01. The van der Waals surface area contributed by atoms with Gasteiger partial charge in [0.2, 0.25) is 0 Å². The number of rotatable bonds is 6. The minimum atomic E-state index is 0.409. The van der Waals surface area contributed by atoms with Crippen molar-refractivity contribution in [2.75, 3.05) is 13.4 Å². The Morgan fingerprint density at radius 3 is 2.89 bits per heavy atom. The Morgan fingerprint density at radius 2 is 2.17 bits per heavy atom. The van der Waals surface area contributed by atoms with Crippen LogP contribution in [0.3, 0.4) is 0 Å². The molecule has 0 spiro atoms. The van der Waals surface area contributed by atoms with E-state index in [-0.39, 0.29) is 0 Å². The van der Waals surface area contributed by atoms with Gasteiger partial charge in [-0.1, -0.05) is 19.4 Å². The quantitative estimate of drug-likeness (QED) is 0.401. The van der Waals surface area contributed by atoms with Gasteiger partial charge in [0.15, 0.2) is 0 Å². The lowest BCUT2D eigenvalue weighted by molar-refractivity contribution is -0.118. The molecular weight excluding hydrogens is 224 g/mol. The Labute approximate surface area is 112 Å². The molecule has 0 radical (unpaired) electrons. The Kier molecular flexibility index (Phi) is 4.85. The Bertz CT molecular complexity index is 276. The summed E-state index contributed by atoms with van der Waals surface area (Å²) in [6.07, 6.45) is 10.3. The van der Waals surface area contributed by atoms with Crippen LogP contribution in [0.2, 0.25) is 0 Å². The van der Waals surface area contributed by atoms with E-state index in [2.05, 4.69) is 19.6 Å². The van der Waals surface area contributed by atoms with E-state index in [1.165, 1.54) is 32.1 Å². The number of fused-ring (bicyclic) bond motifs is 1. The molecular formula is C16H28O2. The molecule has 2 fully saturated rings. The predicted molar refractivity (Wildman–Crippen MR) is 74.4 cm³/mol. The molecule has 2 rings (SSSR count). The summed E-state index contributed by atoms with van der Waals surface area (Å²) < 4.78 is 11.4. The van der Waals surface area contributed by atoms with Crippen LogP contribution in [0.15, 0.2) is 12.7 Å². The maximum atomic E-state index is 6.00. The topological polar surface area (TPSA) is 18.5 Å². The number of hydrogen-bond donors (Lipinski definition) is 0. The van der Waals surface area contributed by atoms with Crippen molar-refractivity contribution in [2.45, 2.75) is 58.5 Å². The molecule has 18 heavy (non-hydrogen) atoms. The zero-order valence-corrected chi connectivity index (χ0v) is 12.0. The molecule has 2 saturated carbocycles. The van der Waals surface area contributed by atoms with Gasteiger partial charge in [-0.05, 0) is 56.3 Å². The summed E-state index contributed by atoms with van der Waals surface area (Å²) in [6, 6.07) is 0. The third-order valence-corrected chi connectivity index (χ3v) is 5.07. The van der Waals surface area contributed by atoms with Crippen molar-refractivity contribution < 1.29 is 9.47 Å². The Hall–Kier alpha value is -0.340. The molecule has 0 aromatic heterocycles. The van der Waals surface area contributed by atoms with Gasteiger partial charge >= 0.3 is 0 Å². The van der Waals surface area contributed by atoms with Crippen molar-refractivity contribution in [3.8, 4) is 0 Å². The fraction of sp³-hybridized carbons (Fsp3) is 0.875. The third-order valence-electron chi connectivity index (χ3n) is 5.07. The smallest absolute Gasteiger partial charge is 0.147 e. The van der Waals surface area contributed by atoms with Crippen LogP contribution in [0.1, 0.15) is 52.4 Å². The van der Waals surface area contributed by atoms with E-state index in [1.54, 1.807) is 0 Å². The first kappa shape index (κ1) is 14.1. The molecule has 4 atom stereocenters. The predicted octanol–water partition coefficient (Wildman–Crippen LogP) is 4.16. The van der Waals surface area contributed by atoms with Crippen LogP contribution in [-0.4, -0.2) is 19.5 Å². The van der Waals surface area contributed by atoms with Crippen molar-refractivity contribution >= 4 is 0 Å². The summed E-state index contributed by atoms with van der Waals surface area (Å²) in [4.78, 5) is 0. The first-order chi connectivity index (χ1) is 8.71. The van der Waals surface area contributed by atoms with Gasteiger partial charge in [-0.15, -0.1) is 6.58 Å². The molecule has 0 saturated heterocycles. The van der Waals surface area contributed by atoms with E-state index in [1.807, 2.05) is 6.92 Å². The van der Waals surface area contributed by atoms with Gasteiger partial charge in [0.1, 0.15) is 6.79 Å². The van der Waals surface area contributed by atoms with Gasteiger partial charge in [-0.25, -0.2) is 0 Å². The van der Waals surface area contributed by atoms with Gasteiger partial charge in [0, 0.05) is 6.61 Å². The highest BCUT2D eigenvalue weighted by molar-refractivity contribution is 5.01. The lowest BCUT2D eigenvalue weighted by Gasteiger charge is -2.43. The zero-order chi connectivity index (χ0) is 13.0. The molecule has 0 aliphatic heterocycles. The van der Waals surface area contributed by atoms with Gasteiger partial charge in [0.25, 0.3) is 0 Å². The molecule has 2 heteroatoms. The van der Waals surface area contributed by atoms with Crippen LogP contribution in [0.4, 0.5) is 0 Å². The van der Waals surface area contributed by atoms with E-state index >= 15 is 0 Å². The van der Waals surface area contributed by atoms with Crippen LogP contribution >= 0.6 is 0 Å². The minimum Gasteiger partial charge on any atom is -0.356 e. The van der Waals surface area contributed by atoms with E-state index in [0.29, 0.717) is 24.2 Å². The molecule has 2 aliphatic rings. The molecule has 0 aromatic carbocycles. The van der Waals surface area contributed by atoms with Gasteiger partial charge in [0.05, 0.1) is 6.10 Å². The first-order valence-electron chi connectivity index (χ1n) is 7.51. The lowest BCUT2D eigenvalue weighted by Crippen LogP contribution is -2.39. The van der Waals surface area contributed by atoms with E-state index < -0.39 is 0 Å². The normalized spacial score (nSPS) is 39.6. The molecule has 104 valence electrons. The number of ether oxygens (including phenoxy) is 2. The van der Waals surface area contributed by atoms with Crippen LogP contribution in [-0.2, 0) is 9.47 Å². The molecule has 2 nitrogen and oxygen atoms in total. The summed E-state index contributed by atoms with van der Waals surface area (Å²) in [5.74, 6) is 1.49. The SMILES string of the molecule is C=CC[C@H]1CCC[C@@]2(C)CC[C@@H](OCOCC)[C@H]12. The lowest BCUT2D eigenvalue weighted by atomic mass is 9.63. The van der Waals surface area contributed by atoms with Gasteiger partial charge in [-0.3, -0.25) is 0 Å². The maximum absolute atomic E-state index is 6.00. The zero-order valence-electron chi connectivity index (χ0n) is 12.0. The number of hydrogen-bond acceptors (Lipinski definition) is 2. The number of allylic oxidation sites excluding steroid dienone is 1. The summed E-state index contributed by atoms with van der Waals surface area (Å²) in [5.41, 5.74) is 0.503. The van der Waals surface area contributed by atoms with Gasteiger partial charge in [-0.2, -0.15) is 0 Å². The summed E-state index contributed by atoms with van der Waals surface area (Å²) >= 11 is 0. The fourth-order valence-electron chi connectivity index (χ4n) is 4.26. The van der Waals surface area contributed by atoms with E-state index in [4.69, 9.17) is 9.47 Å². The Morgan fingerprint density at radius 1 is 1.33 bits per heavy atom. The molecule has 0 bridgehead atoms. The van der Waals surface area contributed by atoms with Crippen LogP contribution in [0, 0.1) is 17.3 Å². The van der Waals surface area contributed by atoms with Gasteiger partial charge < -0.3 is 9.47 Å². The third kappa shape index (κ3) is 2.80. The second-order valence-electron chi connectivity index (χ2n) is 6.21. The van der Waals surface area contributed by atoms with Crippen LogP contribution in [0.5, 0.6) is 0 Å². The molecule has 0 N–H and O–H groups in total. The average Bonchev–Trinajstić information content (AvgIpc) is 2.68. The van der Waals surface area contributed by atoms with Crippen molar-refractivity contribution in [1.29, 1.82) is 0 Å². The average molecular weight is 252 g/mol.